The Morgan fingerprint density at radius 3 is 2.24 bits per heavy atom. The van der Waals surface area contributed by atoms with Crippen molar-refractivity contribution in [1.29, 1.82) is 0 Å². The maximum atomic E-state index is 3.63. The summed E-state index contributed by atoms with van der Waals surface area (Å²) in [6.45, 7) is 0. The van der Waals surface area contributed by atoms with Gasteiger partial charge in [-0.25, -0.2) is 0 Å². The monoisotopic (exact) mass is 334 g/mol. The Morgan fingerprint density at radius 2 is 1.43 bits per heavy atom. The van der Waals surface area contributed by atoms with Gasteiger partial charge in [-0.15, -0.1) is 0 Å². The van der Waals surface area contributed by atoms with Crippen molar-refractivity contribution in [3.8, 4) is 11.1 Å². The maximum Gasteiger partial charge on any atom is 0.0200 e. The van der Waals surface area contributed by atoms with E-state index < -0.39 is 0 Å². The van der Waals surface area contributed by atoms with Crippen LogP contribution in [0.15, 0.2) is 83.4 Å². The molecule has 0 saturated heterocycles. The normalized spacial score (nSPS) is 19.4. The number of allylic oxidation sites excluding steroid dienone is 6. The standard InChI is InChI=1S/C20H15Br/c21-15-11-12-17-16-9-5-6-10-18(16)20(19(17)13-15)14-7-3-1-2-4-8-14/h1-14,20H. The third-order valence-electron chi connectivity index (χ3n) is 4.32. The highest BCUT2D eigenvalue weighted by Gasteiger charge is 2.32. The van der Waals surface area contributed by atoms with Crippen LogP contribution in [0.1, 0.15) is 17.0 Å². The fraction of sp³-hybridized carbons (Fsp3) is 0.100. The number of hydrogen-bond acceptors (Lipinski definition) is 0. The third-order valence-corrected chi connectivity index (χ3v) is 4.81. The van der Waals surface area contributed by atoms with Crippen LogP contribution in [-0.4, -0.2) is 0 Å². The van der Waals surface area contributed by atoms with Gasteiger partial charge in [0.25, 0.3) is 0 Å². The zero-order valence-corrected chi connectivity index (χ0v) is 13.1. The molecule has 0 fully saturated rings. The number of halogens is 1. The molecule has 0 nitrogen and oxygen atoms in total. The lowest BCUT2D eigenvalue weighted by Gasteiger charge is -2.19. The zero-order valence-electron chi connectivity index (χ0n) is 11.5. The van der Waals surface area contributed by atoms with E-state index in [9.17, 15) is 0 Å². The van der Waals surface area contributed by atoms with E-state index in [1.165, 1.54) is 22.3 Å². The van der Waals surface area contributed by atoms with Crippen LogP contribution in [0.5, 0.6) is 0 Å². The first-order chi connectivity index (χ1) is 10.3. The summed E-state index contributed by atoms with van der Waals surface area (Å²) < 4.78 is 1.15. The van der Waals surface area contributed by atoms with Crippen LogP contribution in [-0.2, 0) is 0 Å². The van der Waals surface area contributed by atoms with Crippen molar-refractivity contribution in [2.45, 2.75) is 5.92 Å². The molecule has 1 unspecified atom stereocenters. The Morgan fingerprint density at radius 1 is 0.714 bits per heavy atom. The lowest BCUT2D eigenvalue weighted by Crippen LogP contribution is -2.07. The van der Waals surface area contributed by atoms with Crippen LogP contribution >= 0.6 is 15.9 Å². The average Bonchev–Trinajstić information content (AvgIpc) is 2.66. The van der Waals surface area contributed by atoms with E-state index in [0.29, 0.717) is 11.8 Å². The Balaban J connectivity index is 1.93. The summed E-state index contributed by atoms with van der Waals surface area (Å²) in [6.07, 6.45) is 13.1. The van der Waals surface area contributed by atoms with Gasteiger partial charge in [0.2, 0.25) is 0 Å². The highest BCUT2D eigenvalue weighted by Crippen LogP contribution is 2.49. The summed E-state index contributed by atoms with van der Waals surface area (Å²) in [4.78, 5) is 0. The number of rotatable bonds is 1. The molecule has 102 valence electrons. The number of hydrogen-bond donors (Lipinski definition) is 0. The van der Waals surface area contributed by atoms with E-state index >= 15 is 0 Å². The van der Waals surface area contributed by atoms with Crippen LogP contribution in [0.3, 0.4) is 0 Å². The molecule has 0 spiro atoms. The molecule has 0 saturated carbocycles. The van der Waals surface area contributed by atoms with Crippen molar-refractivity contribution in [3.05, 3.63) is 94.5 Å². The van der Waals surface area contributed by atoms with Crippen molar-refractivity contribution < 1.29 is 0 Å². The lowest BCUT2D eigenvalue weighted by atomic mass is 9.84. The van der Waals surface area contributed by atoms with Crippen LogP contribution < -0.4 is 0 Å². The highest BCUT2D eigenvalue weighted by molar-refractivity contribution is 9.10. The molecule has 21 heavy (non-hydrogen) atoms. The summed E-state index contributed by atoms with van der Waals surface area (Å²) >= 11 is 3.63. The zero-order chi connectivity index (χ0) is 14.2. The fourth-order valence-corrected chi connectivity index (χ4v) is 3.81. The molecule has 2 aliphatic rings. The van der Waals surface area contributed by atoms with Crippen molar-refractivity contribution in [2.24, 2.45) is 5.92 Å². The molecular weight excluding hydrogens is 320 g/mol. The second-order valence-corrected chi connectivity index (χ2v) is 6.44. The van der Waals surface area contributed by atoms with E-state index in [4.69, 9.17) is 0 Å². The van der Waals surface area contributed by atoms with Gasteiger partial charge in [-0.1, -0.05) is 82.7 Å². The van der Waals surface area contributed by atoms with Crippen molar-refractivity contribution in [1.82, 2.24) is 0 Å². The Labute approximate surface area is 133 Å². The van der Waals surface area contributed by atoms with Gasteiger partial charge in [-0.05, 0) is 34.4 Å². The van der Waals surface area contributed by atoms with Crippen LogP contribution in [0, 0.1) is 5.92 Å². The van der Waals surface area contributed by atoms with Crippen molar-refractivity contribution >= 4 is 15.9 Å². The molecule has 0 N–H and O–H groups in total. The van der Waals surface area contributed by atoms with Crippen LogP contribution in [0.4, 0.5) is 0 Å². The molecule has 1 atom stereocenters. The van der Waals surface area contributed by atoms with Gasteiger partial charge < -0.3 is 0 Å². The predicted molar refractivity (Wildman–Crippen MR) is 92.3 cm³/mol. The summed E-state index contributed by atoms with van der Waals surface area (Å²) in [7, 11) is 0. The van der Waals surface area contributed by atoms with Gasteiger partial charge in [-0.3, -0.25) is 0 Å². The topological polar surface area (TPSA) is 0 Å². The van der Waals surface area contributed by atoms with Crippen LogP contribution in [0.2, 0.25) is 0 Å². The maximum absolute atomic E-state index is 3.63. The second-order valence-electron chi connectivity index (χ2n) is 5.53. The first kappa shape index (κ1) is 12.8. The minimum atomic E-state index is 0.400. The van der Waals surface area contributed by atoms with Crippen LogP contribution in [0.25, 0.3) is 11.1 Å². The molecule has 0 aromatic heterocycles. The molecule has 2 aliphatic carbocycles. The molecule has 2 aromatic carbocycles. The second kappa shape index (κ2) is 5.16. The molecule has 1 heteroatoms. The molecule has 2 aromatic rings. The first-order valence-electron chi connectivity index (χ1n) is 7.25. The minimum Gasteiger partial charge on any atom is -0.0767 e. The molecule has 0 radical (unpaired) electrons. The van der Waals surface area contributed by atoms with E-state index in [1.807, 2.05) is 0 Å². The van der Waals surface area contributed by atoms with Gasteiger partial charge in [0.15, 0.2) is 0 Å². The summed E-state index contributed by atoms with van der Waals surface area (Å²) in [5, 5.41) is 0. The summed E-state index contributed by atoms with van der Waals surface area (Å²) in [5.41, 5.74) is 5.61. The lowest BCUT2D eigenvalue weighted by molar-refractivity contribution is 0.701. The van der Waals surface area contributed by atoms with Gasteiger partial charge in [0.1, 0.15) is 0 Å². The van der Waals surface area contributed by atoms with E-state index in [1.54, 1.807) is 0 Å². The highest BCUT2D eigenvalue weighted by atomic mass is 79.9. The Bertz CT molecular complexity index is 764. The summed E-state index contributed by atoms with van der Waals surface area (Å²) in [6, 6.07) is 15.4. The molecule has 0 amide bonds. The molecule has 0 heterocycles. The molecule has 4 rings (SSSR count). The number of benzene rings is 2. The van der Waals surface area contributed by atoms with Crippen molar-refractivity contribution in [2.75, 3.05) is 0 Å². The largest absolute Gasteiger partial charge is 0.0767 e. The minimum absolute atomic E-state index is 0.400. The Kier molecular flexibility index (Phi) is 3.16. The Hall–Kier alpha value is -1.86. The van der Waals surface area contributed by atoms with E-state index in [-0.39, 0.29) is 0 Å². The van der Waals surface area contributed by atoms with E-state index in [0.717, 1.165) is 4.47 Å². The quantitative estimate of drug-likeness (QED) is 0.612. The summed E-state index contributed by atoms with van der Waals surface area (Å²) in [5.74, 6) is 0.804. The fourth-order valence-electron chi connectivity index (χ4n) is 3.43. The average molecular weight is 335 g/mol. The third kappa shape index (κ3) is 2.13. The molecule has 0 bridgehead atoms. The number of fused-ring (bicyclic) bond motifs is 3. The first-order valence-corrected chi connectivity index (χ1v) is 8.04. The molecule has 0 aliphatic heterocycles. The van der Waals surface area contributed by atoms with Crippen molar-refractivity contribution in [3.63, 3.8) is 0 Å². The van der Waals surface area contributed by atoms with Gasteiger partial charge in [0, 0.05) is 16.3 Å². The van der Waals surface area contributed by atoms with Gasteiger partial charge in [-0.2, -0.15) is 0 Å². The van der Waals surface area contributed by atoms with Gasteiger partial charge >= 0.3 is 0 Å². The SMILES string of the molecule is Brc1ccc2c(c1)C(C1C=CC=CC=C1)c1ccccc1-2. The smallest absolute Gasteiger partial charge is 0.0200 e. The molecular formula is C20H15Br. The van der Waals surface area contributed by atoms with Gasteiger partial charge in [0.05, 0.1) is 0 Å². The van der Waals surface area contributed by atoms with E-state index in [2.05, 4.69) is 94.9 Å². The predicted octanol–water partition coefficient (Wildman–Crippen LogP) is 5.86.